The second-order valence-corrected chi connectivity index (χ2v) is 9.27. The van der Waals surface area contributed by atoms with E-state index in [0.29, 0.717) is 21.0 Å². The summed E-state index contributed by atoms with van der Waals surface area (Å²) in [6.45, 7) is 9.66. The molecule has 0 N–H and O–H groups in total. The number of rotatable bonds is 4. The normalized spacial score (nSPS) is 20.5. The van der Waals surface area contributed by atoms with Gasteiger partial charge >= 0.3 is 6.18 Å². The van der Waals surface area contributed by atoms with Gasteiger partial charge in [0.25, 0.3) is 0 Å². The van der Waals surface area contributed by atoms with Crippen LogP contribution in [0.25, 0.3) is 10.2 Å². The van der Waals surface area contributed by atoms with E-state index in [2.05, 4.69) is 33.6 Å². The van der Waals surface area contributed by atoms with E-state index in [9.17, 15) is 13.2 Å². The zero-order valence-electron chi connectivity index (χ0n) is 15.0. The molecule has 0 radical (unpaired) electrons. The number of hydrogen-bond acceptors (Lipinski definition) is 5. The van der Waals surface area contributed by atoms with E-state index in [-0.39, 0.29) is 0 Å². The fourth-order valence-electron chi connectivity index (χ4n) is 4.35. The lowest BCUT2D eigenvalue weighted by Crippen LogP contribution is -2.58. The van der Waals surface area contributed by atoms with Crippen LogP contribution in [-0.4, -0.2) is 53.8 Å². The first-order valence-corrected chi connectivity index (χ1v) is 9.82. The summed E-state index contributed by atoms with van der Waals surface area (Å²) in [6.07, 6.45) is -2.51. The largest absolute Gasteiger partial charge is 0.393 e. The molecule has 142 valence electrons. The van der Waals surface area contributed by atoms with Gasteiger partial charge in [0.1, 0.15) is 17.0 Å². The first-order chi connectivity index (χ1) is 12.2. The van der Waals surface area contributed by atoms with E-state index in [1.165, 1.54) is 6.33 Å². The number of halogens is 3. The second-order valence-electron chi connectivity index (χ2n) is 8.16. The summed E-state index contributed by atoms with van der Waals surface area (Å²) in [5.41, 5.74) is 0.316. The van der Waals surface area contributed by atoms with Gasteiger partial charge in [-0.15, -0.1) is 11.3 Å². The van der Waals surface area contributed by atoms with E-state index in [4.69, 9.17) is 0 Å². The standard InChI is InChI=1S/C18H23F3N4S/c1-12(2)7-24-8-17(9-24)3-4-25(10-17)15-14-5-13(6-18(19,20)21)26-16(14)23-11-22-15/h5,11-12H,3-4,6-10H2,1-2H3. The molecule has 8 heteroatoms. The molecule has 4 rings (SSSR count). The number of fused-ring (bicyclic) bond motifs is 1. The minimum Gasteiger partial charge on any atom is -0.355 e. The smallest absolute Gasteiger partial charge is 0.355 e. The van der Waals surface area contributed by atoms with Crippen LogP contribution in [0.1, 0.15) is 25.1 Å². The molecular weight excluding hydrogens is 361 g/mol. The molecule has 0 unspecified atom stereocenters. The summed E-state index contributed by atoms with van der Waals surface area (Å²) in [6, 6.07) is 1.62. The summed E-state index contributed by atoms with van der Waals surface area (Å²) in [4.78, 5) is 14.3. The lowest BCUT2D eigenvalue weighted by atomic mass is 9.78. The maximum atomic E-state index is 12.7. The predicted octanol–water partition coefficient (Wildman–Crippen LogP) is 3.96. The Balaban J connectivity index is 1.51. The number of hydrogen-bond donors (Lipinski definition) is 0. The first kappa shape index (κ1) is 18.0. The highest BCUT2D eigenvalue weighted by molar-refractivity contribution is 7.18. The monoisotopic (exact) mass is 384 g/mol. The molecular formula is C18H23F3N4S. The molecule has 0 aliphatic carbocycles. The van der Waals surface area contributed by atoms with Gasteiger partial charge in [0, 0.05) is 43.0 Å². The average Bonchev–Trinajstić information content (AvgIpc) is 3.07. The molecule has 4 heterocycles. The van der Waals surface area contributed by atoms with Crippen molar-refractivity contribution >= 4 is 27.4 Å². The lowest BCUT2D eigenvalue weighted by molar-refractivity contribution is -0.126. The van der Waals surface area contributed by atoms with Crippen molar-refractivity contribution in [1.29, 1.82) is 0 Å². The highest BCUT2D eigenvalue weighted by atomic mass is 32.1. The Hall–Kier alpha value is -1.41. The Bertz CT molecular complexity index is 795. The lowest BCUT2D eigenvalue weighted by Gasteiger charge is -2.48. The Morgan fingerprint density at radius 3 is 2.69 bits per heavy atom. The number of likely N-dealkylation sites (tertiary alicyclic amines) is 1. The van der Waals surface area contributed by atoms with Crippen molar-refractivity contribution in [2.75, 3.05) is 37.6 Å². The van der Waals surface area contributed by atoms with Crippen molar-refractivity contribution in [2.45, 2.75) is 32.9 Å². The maximum absolute atomic E-state index is 12.7. The van der Waals surface area contributed by atoms with E-state index in [1.54, 1.807) is 6.07 Å². The molecule has 0 atom stereocenters. The van der Waals surface area contributed by atoms with Gasteiger partial charge in [0.2, 0.25) is 0 Å². The van der Waals surface area contributed by atoms with Gasteiger partial charge in [-0.25, -0.2) is 9.97 Å². The molecule has 1 spiro atoms. The van der Waals surface area contributed by atoms with Crippen molar-refractivity contribution < 1.29 is 13.2 Å². The van der Waals surface area contributed by atoms with Crippen molar-refractivity contribution in [1.82, 2.24) is 14.9 Å². The molecule has 2 aliphatic rings. The zero-order valence-corrected chi connectivity index (χ0v) is 15.8. The second kappa shape index (κ2) is 6.34. The fraction of sp³-hybridized carbons (Fsp3) is 0.667. The molecule has 26 heavy (non-hydrogen) atoms. The molecule has 2 fully saturated rings. The number of thiophene rings is 1. The number of nitrogens with zero attached hydrogens (tertiary/aromatic N) is 4. The molecule has 0 saturated carbocycles. The van der Waals surface area contributed by atoms with E-state index >= 15 is 0 Å². The zero-order chi connectivity index (χ0) is 18.5. The van der Waals surface area contributed by atoms with Crippen molar-refractivity contribution in [3.8, 4) is 0 Å². The average molecular weight is 384 g/mol. The summed E-state index contributed by atoms with van der Waals surface area (Å²) in [7, 11) is 0. The molecule has 4 nitrogen and oxygen atoms in total. The summed E-state index contributed by atoms with van der Waals surface area (Å²) >= 11 is 1.12. The molecule has 0 amide bonds. The Kier molecular flexibility index (Phi) is 4.38. The number of aromatic nitrogens is 2. The van der Waals surface area contributed by atoms with E-state index < -0.39 is 12.6 Å². The van der Waals surface area contributed by atoms with Gasteiger partial charge in [-0.1, -0.05) is 13.8 Å². The third-order valence-corrected chi connectivity index (χ3v) is 6.26. The van der Waals surface area contributed by atoms with Crippen LogP contribution in [-0.2, 0) is 6.42 Å². The van der Waals surface area contributed by atoms with Crippen LogP contribution in [0.3, 0.4) is 0 Å². The number of alkyl halides is 3. The Morgan fingerprint density at radius 1 is 1.23 bits per heavy atom. The SMILES string of the molecule is CC(C)CN1CC2(CCN(c3ncnc4sc(CC(F)(F)F)cc34)C2)C1. The Morgan fingerprint density at radius 2 is 2.00 bits per heavy atom. The van der Waals surface area contributed by atoms with Crippen LogP contribution in [0.2, 0.25) is 0 Å². The third-order valence-electron chi connectivity index (χ3n) is 5.21. The molecule has 0 aromatic carbocycles. The van der Waals surface area contributed by atoms with Crippen LogP contribution < -0.4 is 4.90 Å². The van der Waals surface area contributed by atoms with Crippen LogP contribution in [0.5, 0.6) is 0 Å². The minimum atomic E-state index is -4.20. The Labute approximate surface area is 155 Å². The van der Waals surface area contributed by atoms with E-state index in [1.807, 2.05) is 0 Å². The molecule has 2 aliphatic heterocycles. The highest BCUT2D eigenvalue weighted by Gasteiger charge is 2.47. The topological polar surface area (TPSA) is 32.3 Å². The number of anilines is 1. The van der Waals surface area contributed by atoms with Crippen molar-refractivity contribution in [3.63, 3.8) is 0 Å². The maximum Gasteiger partial charge on any atom is 0.393 e. The van der Waals surface area contributed by atoms with Gasteiger partial charge in [-0.2, -0.15) is 13.2 Å². The van der Waals surface area contributed by atoms with Gasteiger partial charge in [0.05, 0.1) is 11.8 Å². The van der Waals surface area contributed by atoms with Crippen molar-refractivity contribution in [3.05, 3.63) is 17.3 Å². The highest BCUT2D eigenvalue weighted by Crippen LogP contribution is 2.43. The van der Waals surface area contributed by atoms with E-state index in [0.717, 1.165) is 61.7 Å². The third kappa shape index (κ3) is 3.53. The van der Waals surface area contributed by atoms with Crippen LogP contribution in [0.15, 0.2) is 12.4 Å². The predicted molar refractivity (Wildman–Crippen MR) is 97.7 cm³/mol. The first-order valence-electron chi connectivity index (χ1n) is 9.01. The van der Waals surface area contributed by atoms with Crippen LogP contribution in [0, 0.1) is 11.3 Å². The van der Waals surface area contributed by atoms with Crippen molar-refractivity contribution in [2.24, 2.45) is 11.3 Å². The van der Waals surface area contributed by atoms with Crippen LogP contribution >= 0.6 is 11.3 Å². The minimum absolute atomic E-state index is 0.301. The van der Waals surface area contributed by atoms with Gasteiger partial charge in [0.15, 0.2) is 0 Å². The quantitative estimate of drug-likeness (QED) is 0.799. The summed E-state index contributed by atoms with van der Waals surface area (Å²) in [5.74, 6) is 1.46. The molecule has 2 aromatic rings. The summed E-state index contributed by atoms with van der Waals surface area (Å²) in [5, 5.41) is 0.757. The van der Waals surface area contributed by atoms with Gasteiger partial charge in [-0.05, 0) is 18.4 Å². The van der Waals surface area contributed by atoms with Gasteiger partial charge < -0.3 is 9.80 Å². The fourth-order valence-corrected chi connectivity index (χ4v) is 5.37. The molecule has 2 saturated heterocycles. The molecule has 2 aromatic heterocycles. The van der Waals surface area contributed by atoms with Crippen LogP contribution in [0.4, 0.5) is 19.0 Å². The summed E-state index contributed by atoms with van der Waals surface area (Å²) < 4.78 is 38.1. The molecule has 0 bridgehead atoms. The van der Waals surface area contributed by atoms with Gasteiger partial charge in [-0.3, -0.25) is 0 Å².